The van der Waals surface area contributed by atoms with Crippen LogP contribution >= 0.6 is 0 Å². The van der Waals surface area contributed by atoms with Crippen LogP contribution in [0.5, 0.6) is 0 Å². The first-order valence-electron chi connectivity index (χ1n) is 14.6. The summed E-state index contributed by atoms with van der Waals surface area (Å²) in [5, 5.41) is 59.3. The van der Waals surface area contributed by atoms with Crippen molar-refractivity contribution in [2.75, 3.05) is 37.8 Å². The summed E-state index contributed by atoms with van der Waals surface area (Å²) in [6, 6.07) is 0. The van der Waals surface area contributed by atoms with E-state index in [1.165, 1.54) is 12.4 Å². The fraction of sp³-hybridized carbons (Fsp3) is 0.654. The van der Waals surface area contributed by atoms with E-state index < -0.39 is 85.8 Å². The van der Waals surface area contributed by atoms with Gasteiger partial charge in [-0.3, -0.25) is 13.9 Å². The summed E-state index contributed by atoms with van der Waals surface area (Å²) in [5.74, 6) is -2.12. The minimum absolute atomic E-state index is 0. The third-order valence-corrected chi connectivity index (χ3v) is 7.52. The minimum Gasteiger partial charge on any atom is -0.412 e. The summed E-state index contributed by atoms with van der Waals surface area (Å²) >= 11 is 0. The molecule has 0 aliphatic carbocycles. The number of carbonyl (C=O) groups excluding carboxylic acids is 1. The van der Waals surface area contributed by atoms with E-state index in [4.69, 9.17) is 36.9 Å². The van der Waals surface area contributed by atoms with Crippen molar-refractivity contribution in [1.29, 1.82) is 0 Å². The van der Waals surface area contributed by atoms with E-state index in [0.717, 1.165) is 9.13 Å². The van der Waals surface area contributed by atoms with E-state index in [0.29, 0.717) is 24.9 Å². The van der Waals surface area contributed by atoms with Crippen LogP contribution in [0.2, 0.25) is 0 Å². The van der Waals surface area contributed by atoms with Gasteiger partial charge in [0.2, 0.25) is 0 Å². The first kappa shape index (κ1) is 47.1. The topological polar surface area (TPSA) is 415 Å². The highest BCUT2D eigenvalue weighted by Gasteiger charge is 2.45. The quantitative estimate of drug-likeness (QED) is 0.0952. The Morgan fingerprint density at radius 2 is 1.20 bits per heavy atom. The number of rotatable bonds is 11. The van der Waals surface area contributed by atoms with Gasteiger partial charge in [-0.2, -0.15) is 23.1 Å². The van der Waals surface area contributed by atoms with E-state index in [9.17, 15) is 48.0 Å². The number of nitrogens with zero attached hydrogens (tertiary/aromatic N) is 4. The molecule has 8 atom stereocenters. The molecule has 2 fully saturated rings. The highest BCUT2D eigenvalue weighted by molar-refractivity contribution is 5.81. The summed E-state index contributed by atoms with van der Waals surface area (Å²) in [7, 11) is 0. The van der Waals surface area contributed by atoms with Crippen LogP contribution in [0.1, 0.15) is 36.4 Å². The van der Waals surface area contributed by atoms with E-state index in [2.05, 4.69) is 9.97 Å². The van der Waals surface area contributed by atoms with Gasteiger partial charge in [-0.15, -0.1) is 0 Å². The molecule has 0 aromatic carbocycles. The predicted octanol–water partition coefficient (Wildman–Crippen LogP) is -6.11. The maximum Gasteiger partial charge on any atom is 0.471 e. The molecule has 0 saturated carbocycles. The van der Waals surface area contributed by atoms with Crippen LogP contribution in [0.25, 0.3) is 0 Å². The van der Waals surface area contributed by atoms with E-state index in [-0.39, 0.29) is 53.7 Å². The van der Waals surface area contributed by atoms with Crippen molar-refractivity contribution < 1.29 is 69.0 Å². The van der Waals surface area contributed by atoms with Gasteiger partial charge in [-0.05, 0) is 32.2 Å². The molecule has 2 aromatic rings. The van der Waals surface area contributed by atoms with E-state index in [1.807, 2.05) is 0 Å². The van der Waals surface area contributed by atoms with Crippen molar-refractivity contribution >= 4 is 17.5 Å². The lowest BCUT2D eigenvalue weighted by Crippen LogP contribution is -2.37. The zero-order valence-corrected chi connectivity index (χ0v) is 27.0. The molecule has 294 valence electrons. The van der Waals surface area contributed by atoms with Crippen molar-refractivity contribution in [2.24, 2.45) is 5.73 Å². The summed E-state index contributed by atoms with van der Waals surface area (Å²) in [5.41, 5.74) is 16.1. The molecule has 2 aromatic heterocycles. The number of amides is 1. The Kier molecular flexibility index (Phi) is 18.7. The van der Waals surface area contributed by atoms with Crippen LogP contribution < -0.4 is 40.0 Å². The third kappa shape index (κ3) is 11.3. The second kappa shape index (κ2) is 20.2. The Hall–Kier alpha value is -3.86. The first-order valence-corrected chi connectivity index (χ1v) is 14.6. The van der Waals surface area contributed by atoms with Gasteiger partial charge in [0.1, 0.15) is 48.3 Å². The standard InChI is InChI=1S/C14H19F3N4O6.C12H20N4O5.H3N.2H2O/c15-14(16,17)12(25)19-3-1-2-6-4-21(13(26)20-10(6)18)11-9(24)8(23)7(5-22)27-11;13-3-1-2-6-4-16(12(20)15-10(6)14)11-9(19)8(18)7(5-17)21-11;;;/h4,7-9,11,22-24H,1-3,5H2,(H,19,25)(H2,18,20,26);4,7-9,11,17-19H,1-3,5,13H2,(H2,14,15,20);1H3;2*1H2/t2*7-,8+,9?,11-;;;/m11.../s1. The van der Waals surface area contributed by atoms with Crippen LogP contribution in [-0.2, 0) is 27.1 Å². The van der Waals surface area contributed by atoms with Gasteiger partial charge < -0.3 is 79.7 Å². The van der Waals surface area contributed by atoms with Crippen molar-refractivity contribution in [1.82, 2.24) is 30.6 Å². The van der Waals surface area contributed by atoms with Crippen LogP contribution in [0.4, 0.5) is 24.8 Å². The maximum atomic E-state index is 12.1. The fourth-order valence-corrected chi connectivity index (χ4v) is 4.89. The van der Waals surface area contributed by atoms with Crippen LogP contribution in [0.15, 0.2) is 22.0 Å². The molecule has 4 rings (SSSR count). The number of nitrogen functional groups attached to an aromatic ring is 2. The zero-order valence-electron chi connectivity index (χ0n) is 27.0. The Bertz CT molecular complexity index is 1520. The van der Waals surface area contributed by atoms with E-state index in [1.54, 1.807) is 5.32 Å². The number of anilines is 2. The third-order valence-electron chi connectivity index (χ3n) is 7.52. The highest BCUT2D eigenvalue weighted by atomic mass is 19.4. The fourth-order valence-electron chi connectivity index (χ4n) is 4.89. The molecule has 1 amide bonds. The second-order valence-corrected chi connectivity index (χ2v) is 10.9. The first-order chi connectivity index (χ1) is 22.5. The number of nitrogens with two attached hydrogens (primary N) is 3. The molecular formula is C26H46F3N9O13. The molecule has 51 heavy (non-hydrogen) atoms. The van der Waals surface area contributed by atoms with E-state index >= 15 is 0 Å². The van der Waals surface area contributed by atoms with Crippen LogP contribution in [-0.4, -0.2) is 136 Å². The average Bonchev–Trinajstić information content (AvgIpc) is 3.48. The lowest BCUT2D eigenvalue weighted by atomic mass is 10.1. The van der Waals surface area contributed by atoms with Gasteiger partial charge in [-0.25, -0.2) is 9.59 Å². The minimum atomic E-state index is -4.98. The normalized spacial score (nSPS) is 25.5. The highest BCUT2D eigenvalue weighted by Crippen LogP contribution is 2.30. The van der Waals surface area contributed by atoms with Crippen LogP contribution in [0.3, 0.4) is 0 Å². The number of nitrogens with one attached hydrogen (secondary N) is 1. The van der Waals surface area contributed by atoms with Gasteiger partial charge >= 0.3 is 23.5 Å². The molecule has 22 nitrogen and oxygen atoms in total. The molecule has 0 bridgehead atoms. The van der Waals surface area contributed by atoms with Crippen LogP contribution in [0, 0.1) is 0 Å². The zero-order chi connectivity index (χ0) is 35.9. The second-order valence-electron chi connectivity index (χ2n) is 10.9. The summed E-state index contributed by atoms with van der Waals surface area (Å²) in [4.78, 5) is 41.9. The number of carbonyl (C=O) groups is 1. The largest absolute Gasteiger partial charge is 0.471 e. The van der Waals surface area contributed by atoms with Gasteiger partial charge in [0.25, 0.3) is 0 Å². The van der Waals surface area contributed by atoms with Crippen molar-refractivity contribution in [3.05, 3.63) is 44.5 Å². The van der Waals surface area contributed by atoms with Gasteiger partial charge in [0.15, 0.2) is 12.5 Å². The predicted molar refractivity (Wildman–Crippen MR) is 169 cm³/mol. The van der Waals surface area contributed by atoms with Crippen molar-refractivity contribution in [3.63, 3.8) is 0 Å². The number of aliphatic hydroxyl groups excluding tert-OH is 6. The number of ether oxygens (including phenoxy) is 2. The summed E-state index contributed by atoms with van der Waals surface area (Å²) in [6.45, 7) is -0.874. The molecule has 2 aliphatic rings. The monoisotopic (exact) mass is 749 g/mol. The molecule has 2 aliphatic heterocycles. The number of alkyl halides is 3. The van der Waals surface area contributed by atoms with Crippen molar-refractivity contribution in [2.45, 2.75) is 80.9 Å². The lowest BCUT2D eigenvalue weighted by molar-refractivity contribution is -0.173. The molecule has 2 unspecified atom stereocenters. The smallest absolute Gasteiger partial charge is 0.412 e. The molecule has 0 radical (unpaired) electrons. The number of hydrogen-bond donors (Lipinski definition) is 11. The SMILES string of the molecule is N.NCCCc1cn([C@@H]2O[C@H](CO)[C@H](O)C2O)c(=O)nc1N.Nc1nc(=O)n([C@@H]2O[C@H](CO)[C@H](O)C2O)cc1CCCNC(=O)C(F)(F)F.O.O. The Morgan fingerprint density at radius 3 is 1.53 bits per heavy atom. The van der Waals surface area contributed by atoms with Gasteiger partial charge in [0, 0.05) is 30.1 Å². The summed E-state index contributed by atoms with van der Waals surface area (Å²) in [6.07, 6.45) is -11.0. The molecule has 25 heteroatoms. The Balaban J connectivity index is 0.000000950. The number of aryl methyl sites for hydroxylation is 2. The summed E-state index contributed by atoms with van der Waals surface area (Å²) < 4.78 is 48.8. The van der Waals surface area contributed by atoms with Gasteiger partial charge in [-0.1, -0.05) is 0 Å². The lowest BCUT2D eigenvalue weighted by Gasteiger charge is -2.18. The molecule has 4 heterocycles. The number of aromatic nitrogens is 4. The van der Waals surface area contributed by atoms with Gasteiger partial charge in [0.05, 0.1) is 13.2 Å². The average molecular weight is 750 g/mol. The number of hydrogen-bond acceptors (Lipinski definition) is 17. The maximum absolute atomic E-state index is 12.1. The molecule has 20 N–H and O–H groups in total. The molecule has 0 spiro atoms. The molecular weight excluding hydrogens is 703 g/mol. The Labute approximate surface area is 286 Å². The number of aliphatic hydroxyl groups is 6. The molecule has 2 saturated heterocycles. The number of halogens is 3. The van der Waals surface area contributed by atoms with Crippen molar-refractivity contribution in [3.8, 4) is 0 Å². The Morgan fingerprint density at radius 1 is 0.804 bits per heavy atom.